The Kier molecular flexibility index (Phi) is 20.1. The number of aliphatic carboxylic acids is 2. The third-order valence-corrected chi connectivity index (χ3v) is 6.15. The van der Waals surface area contributed by atoms with Gasteiger partial charge in [-0.25, -0.2) is 4.79 Å². The van der Waals surface area contributed by atoms with Gasteiger partial charge in [-0.1, -0.05) is 13.8 Å². The Labute approximate surface area is 275 Å². The number of rotatable bonds is 23. The van der Waals surface area contributed by atoms with Crippen LogP contribution in [0.25, 0.3) is 0 Å². The average molecular weight is 691 g/mol. The van der Waals surface area contributed by atoms with Gasteiger partial charge < -0.3 is 69.5 Å². The van der Waals surface area contributed by atoms with Crippen LogP contribution in [0.1, 0.15) is 39.5 Å². The van der Waals surface area contributed by atoms with Crippen molar-refractivity contribution in [2.24, 2.45) is 28.1 Å². The first-order valence-corrected chi connectivity index (χ1v) is 14.6. The fourth-order valence-electron chi connectivity index (χ4n) is 3.73. The lowest BCUT2D eigenvalue weighted by Gasteiger charge is -2.25. The normalized spacial score (nSPS) is 13.8. The van der Waals surface area contributed by atoms with Gasteiger partial charge in [0.2, 0.25) is 35.4 Å². The molecule has 22 heteroatoms. The van der Waals surface area contributed by atoms with E-state index >= 15 is 0 Å². The standard InChI is InChI=1S/C26H46N10O12/c1-12(2)6-16(25(47)48)36-22(44)14(4-3-5-30-26(28)29)34-23(45)15(7-20(41)42)35-24(46)17(11-38)33-19(40)9-31-18(39)8-32-21(43)13(27)10-37/h12-17,37-38H,3-11,27H2,1-2H3,(H,31,39)(H,32,43)(H,33,40)(H,34,45)(H,35,46)(H,36,44)(H,41,42)(H,47,48)(H4,28,29,30)/t13-,14-,15-,16-,17-/m0/s1. The number of carbonyl (C=O) groups excluding carboxylic acids is 6. The fourth-order valence-corrected chi connectivity index (χ4v) is 3.73. The minimum atomic E-state index is -1.84. The molecule has 5 atom stereocenters. The highest BCUT2D eigenvalue weighted by molar-refractivity contribution is 5.97. The van der Waals surface area contributed by atoms with Crippen LogP contribution in [0.3, 0.4) is 0 Å². The monoisotopic (exact) mass is 690 g/mol. The van der Waals surface area contributed by atoms with Crippen LogP contribution in [0.4, 0.5) is 0 Å². The summed E-state index contributed by atoms with van der Waals surface area (Å²) in [6.07, 6.45) is -0.957. The molecule has 0 saturated heterocycles. The highest BCUT2D eigenvalue weighted by Gasteiger charge is 2.32. The van der Waals surface area contributed by atoms with E-state index in [-0.39, 0.29) is 37.7 Å². The molecular weight excluding hydrogens is 644 g/mol. The van der Waals surface area contributed by atoms with Crippen molar-refractivity contribution < 1.29 is 58.8 Å². The van der Waals surface area contributed by atoms with Gasteiger partial charge >= 0.3 is 11.9 Å². The van der Waals surface area contributed by atoms with E-state index in [9.17, 15) is 53.7 Å². The number of nitrogens with two attached hydrogens (primary N) is 3. The summed E-state index contributed by atoms with van der Waals surface area (Å²) in [6, 6.07) is -7.57. The second-order valence-electron chi connectivity index (χ2n) is 10.8. The summed E-state index contributed by atoms with van der Waals surface area (Å²) in [7, 11) is 0. The molecule has 0 heterocycles. The predicted molar refractivity (Wildman–Crippen MR) is 165 cm³/mol. The second-order valence-corrected chi connectivity index (χ2v) is 10.8. The Hall–Kier alpha value is -5.09. The van der Waals surface area contributed by atoms with Crippen LogP contribution >= 0.6 is 0 Å². The summed E-state index contributed by atoms with van der Waals surface area (Å²) in [5.41, 5.74) is 15.9. The number of nitrogens with one attached hydrogen (secondary N) is 6. The van der Waals surface area contributed by atoms with Crippen molar-refractivity contribution in [3.63, 3.8) is 0 Å². The largest absolute Gasteiger partial charge is 0.481 e. The zero-order valence-electron chi connectivity index (χ0n) is 26.6. The molecule has 0 rings (SSSR count). The highest BCUT2D eigenvalue weighted by atomic mass is 16.4. The topological polar surface area (TPSA) is 380 Å². The SMILES string of the molecule is CC(C)C[C@H](NC(=O)[C@H](CCCN=C(N)N)NC(=O)[C@H](CC(=O)O)NC(=O)[C@H](CO)NC(=O)CNC(=O)CNC(=O)[C@@H](N)CO)C(=O)O. The van der Waals surface area contributed by atoms with E-state index in [1.54, 1.807) is 13.8 Å². The van der Waals surface area contributed by atoms with E-state index in [4.69, 9.17) is 22.3 Å². The summed E-state index contributed by atoms with van der Waals surface area (Å²) in [4.78, 5) is 102. The minimum Gasteiger partial charge on any atom is -0.481 e. The first-order chi connectivity index (χ1) is 22.4. The van der Waals surface area contributed by atoms with Crippen molar-refractivity contribution in [2.45, 2.75) is 69.7 Å². The molecule has 0 aliphatic carbocycles. The molecule has 0 aliphatic rings. The maximum absolute atomic E-state index is 13.1. The van der Waals surface area contributed by atoms with Crippen LogP contribution in [0.2, 0.25) is 0 Å². The Morgan fingerprint density at radius 3 is 1.75 bits per heavy atom. The van der Waals surface area contributed by atoms with Crippen molar-refractivity contribution in [1.82, 2.24) is 31.9 Å². The molecule has 0 bridgehead atoms. The molecule has 0 unspecified atom stereocenters. The number of aliphatic imine (C=N–C) groups is 1. The predicted octanol–water partition coefficient (Wildman–Crippen LogP) is -6.87. The second kappa shape index (κ2) is 22.4. The Bertz CT molecular complexity index is 1180. The quantitative estimate of drug-likeness (QED) is 0.0269. The van der Waals surface area contributed by atoms with Gasteiger partial charge in [-0.05, 0) is 25.2 Å². The van der Waals surface area contributed by atoms with E-state index in [0.29, 0.717) is 0 Å². The lowest BCUT2D eigenvalue weighted by Crippen LogP contribution is -2.59. The number of carboxylic acid groups (broad SMARTS) is 2. The van der Waals surface area contributed by atoms with Gasteiger partial charge in [0.1, 0.15) is 30.2 Å². The summed E-state index contributed by atoms with van der Waals surface area (Å²) >= 11 is 0. The van der Waals surface area contributed by atoms with Crippen LogP contribution in [0.5, 0.6) is 0 Å². The number of carboxylic acids is 2. The fraction of sp³-hybridized carbons (Fsp3) is 0.654. The number of aliphatic hydroxyl groups is 2. The molecule has 0 radical (unpaired) electrons. The Morgan fingerprint density at radius 1 is 0.688 bits per heavy atom. The maximum Gasteiger partial charge on any atom is 0.326 e. The molecule has 0 saturated carbocycles. The van der Waals surface area contributed by atoms with Crippen LogP contribution < -0.4 is 49.1 Å². The third-order valence-electron chi connectivity index (χ3n) is 6.15. The first-order valence-electron chi connectivity index (χ1n) is 14.6. The van der Waals surface area contributed by atoms with E-state index in [2.05, 4.69) is 36.9 Å². The molecular formula is C26H46N10O12. The van der Waals surface area contributed by atoms with Gasteiger partial charge in [0, 0.05) is 6.54 Å². The molecule has 0 aromatic heterocycles. The number of aliphatic hydroxyl groups excluding tert-OH is 2. The maximum atomic E-state index is 13.1. The van der Waals surface area contributed by atoms with Gasteiger partial charge in [-0.15, -0.1) is 0 Å². The van der Waals surface area contributed by atoms with Gasteiger partial charge in [0.05, 0.1) is 32.7 Å². The molecule has 0 aliphatic heterocycles. The number of amides is 6. The Morgan fingerprint density at radius 2 is 1.23 bits per heavy atom. The van der Waals surface area contributed by atoms with E-state index in [0.717, 1.165) is 0 Å². The molecule has 0 spiro atoms. The van der Waals surface area contributed by atoms with Crippen LogP contribution in [-0.2, 0) is 38.4 Å². The summed E-state index contributed by atoms with van der Waals surface area (Å²) in [5, 5.41) is 50.3. The number of hydrogen-bond acceptors (Lipinski definition) is 12. The Balaban J connectivity index is 5.61. The molecule has 0 aromatic carbocycles. The number of guanidine groups is 1. The van der Waals surface area contributed by atoms with Crippen molar-refractivity contribution in [3.05, 3.63) is 0 Å². The zero-order valence-corrected chi connectivity index (χ0v) is 26.6. The van der Waals surface area contributed by atoms with Gasteiger partial charge in [-0.3, -0.25) is 38.6 Å². The summed E-state index contributed by atoms with van der Waals surface area (Å²) in [6.45, 7) is 0.464. The highest BCUT2D eigenvalue weighted by Crippen LogP contribution is 2.08. The first kappa shape index (κ1) is 42.9. The van der Waals surface area contributed by atoms with Crippen molar-refractivity contribution in [3.8, 4) is 0 Å². The minimum absolute atomic E-state index is 0.0243. The smallest absolute Gasteiger partial charge is 0.326 e. The number of hydrogen-bond donors (Lipinski definition) is 13. The molecule has 22 nitrogen and oxygen atoms in total. The average Bonchev–Trinajstić information content (AvgIpc) is 3.00. The van der Waals surface area contributed by atoms with E-state index in [1.165, 1.54) is 0 Å². The van der Waals surface area contributed by atoms with Gasteiger partial charge in [0.15, 0.2) is 5.96 Å². The molecule has 6 amide bonds. The van der Waals surface area contributed by atoms with Crippen LogP contribution in [-0.4, -0.2) is 137 Å². The summed E-state index contributed by atoms with van der Waals surface area (Å²) < 4.78 is 0. The number of carbonyl (C=O) groups is 8. The van der Waals surface area contributed by atoms with E-state index in [1.807, 2.05) is 0 Å². The van der Waals surface area contributed by atoms with Gasteiger partial charge in [0.25, 0.3) is 0 Å². The summed E-state index contributed by atoms with van der Waals surface area (Å²) in [5.74, 6) is -9.21. The van der Waals surface area contributed by atoms with Crippen LogP contribution in [0.15, 0.2) is 4.99 Å². The lowest BCUT2D eigenvalue weighted by molar-refractivity contribution is -0.143. The van der Waals surface area contributed by atoms with Crippen molar-refractivity contribution >= 4 is 53.3 Å². The molecule has 48 heavy (non-hydrogen) atoms. The number of nitrogens with zero attached hydrogens (tertiary/aromatic N) is 1. The molecule has 16 N–H and O–H groups in total. The lowest BCUT2D eigenvalue weighted by atomic mass is 10.0. The van der Waals surface area contributed by atoms with Crippen LogP contribution in [0, 0.1) is 5.92 Å². The molecule has 0 aromatic rings. The third kappa shape index (κ3) is 18.2. The molecule has 272 valence electrons. The van der Waals surface area contributed by atoms with Crippen molar-refractivity contribution in [1.29, 1.82) is 0 Å². The van der Waals surface area contributed by atoms with E-state index < -0.39 is 110 Å². The zero-order chi connectivity index (χ0) is 37.0. The van der Waals surface area contributed by atoms with Gasteiger partial charge in [-0.2, -0.15) is 0 Å². The molecule has 0 fully saturated rings. The van der Waals surface area contributed by atoms with Crippen molar-refractivity contribution in [2.75, 3.05) is 32.8 Å².